The molecule has 55 valence electrons. The molecule has 0 aromatic carbocycles. The van der Waals surface area contributed by atoms with Gasteiger partial charge in [-0.25, -0.2) is 5.11 Å². The van der Waals surface area contributed by atoms with Gasteiger partial charge in [0, 0.05) is 0 Å². The average Bonchev–Trinajstić information content (AvgIpc) is 1.63. The van der Waals surface area contributed by atoms with Gasteiger partial charge in [0.1, 0.15) is 0 Å². The van der Waals surface area contributed by atoms with Crippen molar-refractivity contribution in [3.8, 4) is 0 Å². The van der Waals surface area contributed by atoms with Crippen LogP contribution in [0.5, 0.6) is 0 Å². The van der Waals surface area contributed by atoms with Crippen LogP contribution in [-0.2, 0) is 5.11 Å². The summed E-state index contributed by atoms with van der Waals surface area (Å²) in [4.78, 5) is 0. The summed E-state index contributed by atoms with van der Waals surface area (Å²) in [6.45, 7) is 1.20. The third-order valence-corrected chi connectivity index (χ3v) is 1.22. The first-order chi connectivity index (χ1) is 4.06. The Hall–Kier alpha value is -0.0800. The summed E-state index contributed by atoms with van der Waals surface area (Å²) in [7, 11) is 6.43. The van der Waals surface area contributed by atoms with Crippen molar-refractivity contribution in [3.05, 3.63) is 0 Å². The fraction of sp³-hybridized carbons (Fsp3) is 1.00. The van der Waals surface area contributed by atoms with E-state index in [2.05, 4.69) is 21.1 Å². The molecule has 0 bridgehead atoms. The summed E-state index contributed by atoms with van der Waals surface area (Å²) in [6.07, 6.45) is 1.89. The van der Waals surface area contributed by atoms with Gasteiger partial charge in [0.05, 0.1) is 34.3 Å². The SMILES string of the molecule is C[N+](C)(C)CCCC[O]. The van der Waals surface area contributed by atoms with Crippen molar-refractivity contribution in [2.24, 2.45) is 0 Å². The highest BCUT2D eigenvalue weighted by molar-refractivity contribution is 4.34. The molecule has 0 atom stereocenters. The van der Waals surface area contributed by atoms with E-state index in [0.29, 0.717) is 0 Å². The molecule has 0 aromatic heterocycles. The van der Waals surface area contributed by atoms with Gasteiger partial charge >= 0.3 is 0 Å². The first-order valence-electron chi connectivity index (χ1n) is 3.45. The second kappa shape index (κ2) is 3.85. The van der Waals surface area contributed by atoms with E-state index in [1.807, 2.05) is 0 Å². The minimum absolute atomic E-state index is 0.0833. The molecule has 0 heterocycles. The molecule has 0 amide bonds. The molecule has 0 aliphatic heterocycles. The van der Waals surface area contributed by atoms with Gasteiger partial charge in [-0.2, -0.15) is 0 Å². The summed E-state index contributed by atoms with van der Waals surface area (Å²) in [5.74, 6) is 0. The van der Waals surface area contributed by atoms with E-state index in [-0.39, 0.29) is 6.61 Å². The maximum absolute atomic E-state index is 10.0. The minimum atomic E-state index is 0.0833. The van der Waals surface area contributed by atoms with Crippen LogP contribution >= 0.6 is 0 Å². The standard InChI is InChI=1S/C7H17NO/c1-8(2,3)6-4-5-7-9/h4-7H2,1-3H3/q+1. The predicted molar refractivity (Wildman–Crippen MR) is 37.7 cm³/mol. The van der Waals surface area contributed by atoms with Gasteiger partial charge in [0.25, 0.3) is 0 Å². The maximum Gasteiger partial charge on any atom is 0.0824 e. The van der Waals surface area contributed by atoms with Gasteiger partial charge in [-0.15, -0.1) is 0 Å². The number of hydrogen-bond acceptors (Lipinski definition) is 0. The Kier molecular flexibility index (Phi) is 3.82. The van der Waals surface area contributed by atoms with E-state index < -0.39 is 0 Å². The van der Waals surface area contributed by atoms with Crippen LogP contribution < -0.4 is 0 Å². The van der Waals surface area contributed by atoms with E-state index in [1.165, 1.54) is 0 Å². The lowest BCUT2D eigenvalue weighted by Crippen LogP contribution is -2.35. The van der Waals surface area contributed by atoms with Crippen molar-refractivity contribution in [2.45, 2.75) is 12.8 Å². The van der Waals surface area contributed by atoms with E-state index in [4.69, 9.17) is 0 Å². The first kappa shape index (κ1) is 8.92. The summed E-state index contributed by atoms with van der Waals surface area (Å²) in [6, 6.07) is 0. The Labute approximate surface area is 57.7 Å². The molecule has 0 N–H and O–H groups in total. The van der Waals surface area contributed by atoms with Crippen molar-refractivity contribution in [2.75, 3.05) is 34.3 Å². The Morgan fingerprint density at radius 1 is 1.11 bits per heavy atom. The molecular formula is C7H17NO+. The monoisotopic (exact) mass is 131 g/mol. The number of quaternary nitrogens is 1. The Balaban J connectivity index is 3.07. The Morgan fingerprint density at radius 2 is 1.67 bits per heavy atom. The summed E-state index contributed by atoms with van der Waals surface area (Å²) >= 11 is 0. The van der Waals surface area contributed by atoms with Crippen molar-refractivity contribution in [1.29, 1.82) is 0 Å². The lowest BCUT2D eigenvalue weighted by Gasteiger charge is -2.23. The highest BCUT2D eigenvalue weighted by Gasteiger charge is 2.04. The highest BCUT2D eigenvalue weighted by Crippen LogP contribution is 1.95. The molecule has 0 aromatic rings. The molecule has 2 heteroatoms. The topological polar surface area (TPSA) is 19.9 Å². The number of unbranched alkanes of at least 4 members (excludes halogenated alkanes) is 1. The van der Waals surface area contributed by atoms with Crippen molar-refractivity contribution >= 4 is 0 Å². The third kappa shape index (κ3) is 7.92. The minimum Gasteiger partial charge on any atom is -0.331 e. The molecule has 2 nitrogen and oxygen atoms in total. The first-order valence-corrected chi connectivity index (χ1v) is 3.45. The third-order valence-electron chi connectivity index (χ3n) is 1.22. The van der Waals surface area contributed by atoms with Crippen molar-refractivity contribution in [3.63, 3.8) is 0 Å². The molecule has 0 unspecified atom stereocenters. The smallest absolute Gasteiger partial charge is 0.0824 e. The normalized spacial score (nSPS) is 12.0. The van der Waals surface area contributed by atoms with Crippen LogP contribution in [-0.4, -0.2) is 38.8 Å². The van der Waals surface area contributed by atoms with E-state index in [1.54, 1.807) is 0 Å². The second-order valence-electron chi connectivity index (χ2n) is 3.43. The van der Waals surface area contributed by atoms with Gasteiger partial charge in [-0.1, -0.05) is 0 Å². The van der Waals surface area contributed by atoms with Gasteiger partial charge in [0.2, 0.25) is 0 Å². The number of rotatable bonds is 4. The quantitative estimate of drug-likeness (QED) is 0.399. The van der Waals surface area contributed by atoms with Gasteiger partial charge in [0.15, 0.2) is 0 Å². The molecule has 0 fully saturated rings. The number of hydrogen-bond donors (Lipinski definition) is 0. The molecular weight excluding hydrogens is 114 g/mol. The van der Waals surface area contributed by atoms with Gasteiger partial charge in [-0.05, 0) is 12.8 Å². The van der Waals surface area contributed by atoms with Crippen LogP contribution in [0.3, 0.4) is 0 Å². The second-order valence-corrected chi connectivity index (χ2v) is 3.43. The van der Waals surface area contributed by atoms with E-state index in [9.17, 15) is 5.11 Å². The largest absolute Gasteiger partial charge is 0.331 e. The molecule has 0 aliphatic rings. The zero-order valence-corrected chi connectivity index (χ0v) is 6.68. The molecule has 0 spiro atoms. The molecule has 0 saturated heterocycles. The van der Waals surface area contributed by atoms with Gasteiger partial charge < -0.3 is 4.48 Å². The van der Waals surface area contributed by atoms with Crippen molar-refractivity contribution < 1.29 is 9.59 Å². The zero-order chi connectivity index (χ0) is 7.33. The van der Waals surface area contributed by atoms with Crippen LogP contribution in [0, 0.1) is 0 Å². The van der Waals surface area contributed by atoms with Crippen LogP contribution in [0.4, 0.5) is 0 Å². The summed E-state index contributed by atoms with van der Waals surface area (Å²) < 4.78 is 0.972. The fourth-order valence-corrected chi connectivity index (χ4v) is 0.688. The maximum atomic E-state index is 10.0. The lowest BCUT2D eigenvalue weighted by molar-refractivity contribution is -0.870. The molecule has 9 heavy (non-hydrogen) atoms. The highest BCUT2D eigenvalue weighted by atomic mass is 16.2. The predicted octanol–water partition coefficient (Wildman–Crippen LogP) is 0.903. The zero-order valence-electron chi connectivity index (χ0n) is 6.68. The Bertz CT molecular complexity index is 65.8. The number of nitrogens with zero attached hydrogens (tertiary/aromatic N) is 1. The average molecular weight is 131 g/mol. The summed E-state index contributed by atoms with van der Waals surface area (Å²) in [5, 5.41) is 10.0. The lowest BCUT2D eigenvalue weighted by atomic mass is 10.3. The molecule has 0 aliphatic carbocycles. The van der Waals surface area contributed by atoms with Crippen molar-refractivity contribution in [1.82, 2.24) is 0 Å². The molecule has 1 radical (unpaired) electrons. The molecule has 0 saturated carbocycles. The van der Waals surface area contributed by atoms with Crippen LogP contribution in [0.2, 0.25) is 0 Å². The van der Waals surface area contributed by atoms with Crippen LogP contribution in [0.1, 0.15) is 12.8 Å². The van der Waals surface area contributed by atoms with Crippen LogP contribution in [0.25, 0.3) is 0 Å². The Morgan fingerprint density at radius 3 is 2.00 bits per heavy atom. The molecule has 0 rings (SSSR count). The fourth-order valence-electron chi connectivity index (χ4n) is 0.688. The van der Waals surface area contributed by atoms with Gasteiger partial charge in [-0.3, -0.25) is 0 Å². The van der Waals surface area contributed by atoms with E-state index >= 15 is 0 Å². The summed E-state index contributed by atoms with van der Waals surface area (Å²) in [5.41, 5.74) is 0. The van der Waals surface area contributed by atoms with Crippen LogP contribution in [0.15, 0.2) is 0 Å². The van der Waals surface area contributed by atoms with E-state index in [0.717, 1.165) is 23.9 Å².